The minimum Gasteiger partial charge on any atom is -0.342 e. The van der Waals surface area contributed by atoms with Crippen molar-refractivity contribution in [3.63, 3.8) is 0 Å². The molecular weight excluding hydrogens is 164 g/mol. The molecule has 0 spiro atoms. The highest BCUT2D eigenvalue weighted by atomic mass is 16.2. The summed E-state index contributed by atoms with van der Waals surface area (Å²) >= 11 is 0. The quantitative estimate of drug-likeness (QED) is 0.690. The molecular formula is C10H20N2O. The smallest absolute Gasteiger partial charge is 0.226 e. The van der Waals surface area contributed by atoms with Crippen molar-refractivity contribution in [3.8, 4) is 0 Å². The summed E-state index contributed by atoms with van der Waals surface area (Å²) in [6.45, 7) is 7.84. The average Bonchev–Trinajstić information content (AvgIpc) is 2.12. The molecule has 13 heavy (non-hydrogen) atoms. The fourth-order valence-electron chi connectivity index (χ4n) is 1.71. The standard InChI is InChI=1S/C10H20N2O/c1-3-6-12-7-4-5-11-8-9(2)10(12)13/h9,11H,3-8H2,1-2H3. The van der Waals surface area contributed by atoms with E-state index in [-0.39, 0.29) is 5.92 Å². The maximum Gasteiger partial charge on any atom is 0.226 e. The van der Waals surface area contributed by atoms with Gasteiger partial charge in [-0.15, -0.1) is 0 Å². The lowest BCUT2D eigenvalue weighted by Gasteiger charge is -2.28. The monoisotopic (exact) mass is 184 g/mol. The summed E-state index contributed by atoms with van der Waals surface area (Å²) in [6.07, 6.45) is 2.14. The van der Waals surface area contributed by atoms with E-state index in [1.165, 1.54) is 0 Å². The molecule has 0 saturated carbocycles. The first-order valence-electron chi connectivity index (χ1n) is 5.25. The van der Waals surface area contributed by atoms with Gasteiger partial charge in [0, 0.05) is 25.6 Å². The van der Waals surface area contributed by atoms with Crippen molar-refractivity contribution in [2.75, 3.05) is 26.2 Å². The summed E-state index contributed by atoms with van der Waals surface area (Å²) in [4.78, 5) is 13.8. The summed E-state index contributed by atoms with van der Waals surface area (Å²) in [7, 11) is 0. The van der Waals surface area contributed by atoms with Crippen LogP contribution in [0.5, 0.6) is 0 Å². The molecule has 1 unspecified atom stereocenters. The second-order valence-corrected chi connectivity index (χ2v) is 3.78. The van der Waals surface area contributed by atoms with Crippen LogP contribution in [-0.2, 0) is 4.79 Å². The number of carbonyl (C=O) groups is 1. The fourth-order valence-corrected chi connectivity index (χ4v) is 1.71. The van der Waals surface area contributed by atoms with Gasteiger partial charge in [0.05, 0.1) is 0 Å². The maximum atomic E-state index is 11.8. The molecule has 3 nitrogen and oxygen atoms in total. The number of nitrogens with zero attached hydrogens (tertiary/aromatic N) is 1. The van der Waals surface area contributed by atoms with Gasteiger partial charge in [-0.3, -0.25) is 4.79 Å². The van der Waals surface area contributed by atoms with Crippen LogP contribution in [0.3, 0.4) is 0 Å². The molecule has 3 heteroatoms. The molecule has 1 atom stereocenters. The Labute approximate surface area is 80.5 Å². The van der Waals surface area contributed by atoms with E-state index in [9.17, 15) is 4.79 Å². The molecule has 1 heterocycles. The zero-order valence-electron chi connectivity index (χ0n) is 8.68. The van der Waals surface area contributed by atoms with Crippen molar-refractivity contribution in [1.29, 1.82) is 0 Å². The number of hydrogen-bond acceptors (Lipinski definition) is 2. The van der Waals surface area contributed by atoms with E-state index in [1.807, 2.05) is 11.8 Å². The second-order valence-electron chi connectivity index (χ2n) is 3.78. The third kappa shape index (κ3) is 2.99. The predicted molar refractivity (Wildman–Crippen MR) is 53.5 cm³/mol. The minimum atomic E-state index is 0.145. The van der Waals surface area contributed by atoms with Gasteiger partial charge in [-0.2, -0.15) is 0 Å². The van der Waals surface area contributed by atoms with Gasteiger partial charge in [-0.25, -0.2) is 0 Å². The lowest BCUT2D eigenvalue weighted by atomic mass is 10.1. The summed E-state index contributed by atoms with van der Waals surface area (Å²) in [5, 5.41) is 3.28. The van der Waals surface area contributed by atoms with Crippen LogP contribution in [0.1, 0.15) is 26.7 Å². The van der Waals surface area contributed by atoms with Crippen LogP contribution < -0.4 is 5.32 Å². The highest BCUT2D eigenvalue weighted by molar-refractivity contribution is 5.78. The molecule has 0 bridgehead atoms. The van der Waals surface area contributed by atoms with Crippen LogP contribution >= 0.6 is 0 Å². The van der Waals surface area contributed by atoms with E-state index in [1.54, 1.807) is 0 Å². The summed E-state index contributed by atoms with van der Waals surface area (Å²) in [5.41, 5.74) is 0. The average molecular weight is 184 g/mol. The topological polar surface area (TPSA) is 32.3 Å². The van der Waals surface area contributed by atoms with Crippen LogP contribution in [0.4, 0.5) is 0 Å². The van der Waals surface area contributed by atoms with Gasteiger partial charge in [-0.05, 0) is 19.4 Å². The van der Waals surface area contributed by atoms with Crippen molar-refractivity contribution in [2.24, 2.45) is 5.92 Å². The Morgan fingerprint density at radius 1 is 1.62 bits per heavy atom. The SMILES string of the molecule is CCCN1CCCNCC(C)C1=O. The van der Waals surface area contributed by atoms with E-state index >= 15 is 0 Å². The van der Waals surface area contributed by atoms with Gasteiger partial charge in [0.25, 0.3) is 0 Å². The number of amides is 1. The summed E-state index contributed by atoms with van der Waals surface area (Å²) in [6, 6.07) is 0. The zero-order valence-corrected chi connectivity index (χ0v) is 8.68. The van der Waals surface area contributed by atoms with Crippen molar-refractivity contribution < 1.29 is 4.79 Å². The summed E-state index contributed by atoms with van der Waals surface area (Å²) < 4.78 is 0. The number of nitrogens with one attached hydrogen (secondary N) is 1. The van der Waals surface area contributed by atoms with Crippen molar-refractivity contribution >= 4 is 5.91 Å². The number of hydrogen-bond donors (Lipinski definition) is 1. The Kier molecular flexibility index (Phi) is 4.22. The second kappa shape index (κ2) is 5.22. The maximum absolute atomic E-state index is 11.8. The third-order valence-corrected chi connectivity index (χ3v) is 2.46. The zero-order chi connectivity index (χ0) is 9.68. The Hall–Kier alpha value is -0.570. The highest BCUT2D eigenvalue weighted by Gasteiger charge is 2.20. The van der Waals surface area contributed by atoms with Crippen molar-refractivity contribution in [3.05, 3.63) is 0 Å². The molecule has 76 valence electrons. The molecule has 1 N–H and O–H groups in total. The van der Waals surface area contributed by atoms with Crippen molar-refractivity contribution in [2.45, 2.75) is 26.7 Å². The Morgan fingerprint density at radius 2 is 2.38 bits per heavy atom. The first kappa shape index (κ1) is 10.5. The lowest BCUT2D eigenvalue weighted by Crippen LogP contribution is -2.43. The molecule has 0 aromatic carbocycles. The normalized spacial score (nSPS) is 25.5. The Morgan fingerprint density at radius 3 is 3.08 bits per heavy atom. The van der Waals surface area contributed by atoms with Crippen LogP contribution in [0.2, 0.25) is 0 Å². The molecule has 1 fully saturated rings. The van der Waals surface area contributed by atoms with Gasteiger partial charge in [0.15, 0.2) is 0 Å². The van der Waals surface area contributed by atoms with E-state index in [0.717, 1.165) is 39.0 Å². The highest BCUT2D eigenvalue weighted by Crippen LogP contribution is 2.06. The molecule has 1 saturated heterocycles. The molecule has 1 aliphatic heterocycles. The van der Waals surface area contributed by atoms with Gasteiger partial charge in [-0.1, -0.05) is 13.8 Å². The van der Waals surface area contributed by atoms with Gasteiger partial charge in [0.1, 0.15) is 0 Å². The Bertz CT molecular complexity index is 170. The largest absolute Gasteiger partial charge is 0.342 e. The molecule has 0 aromatic heterocycles. The van der Waals surface area contributed by atoms with E-state index in [0.29, 0.717) is 5.91 Å². The minimum absolute atomic E-state index is 0.145. The predicted octanol–water partition coefficient (Wildman–Crippen LogP) is 0.854. The molecule has 0 aliphatic carbocycles. The van der Waals surface area contributed by atoms with Gasteiger partial charge < -0.3 is 10.2 Å². The first-order chi connectivity index (χ1) is 6.25. The molecule has 1 amide bonds. The van der Waals surface area contributed by atoms with E-state index in [2.05, 4.69) is 12.2 Å². The van der Waals surface area contributed by atoms with Crippen LogP contribution in [0, 0.1) is 5.92 Å². The Balaban J connectivity index is 2.51. The lowest BCUT2D eigenvalue weighted by molar-refractivity contribution is -0.135. The van der Waals surface area contributed by atoms with E-state index in [4.69, 9.17) is 0 Å². The van der Waals surface area contributed by atoms with Crippen LogP contribution in [0.25, 0.3) is 0 Å². The number of carbonyl (C=O) groups excluding carboxylic acids is 1. The van der Waals surface area contributed by atoms with E-state index < -0.39 is 0 Å². The van der Waals surface area contributed by atoms with Gasteiger partial charge in [0.2, 0.25) is 5.91 Å². The molecule has 0 aromatic rings. The van der Waals surface area contributed by atoms with Crippen LogP contribution in [-0.4, -0.2) is 37.0 Å². The van der Waals surface area contributed by atoms with Crippen LogP contribution in [0.15, 0.2) is 0 Å². The van der Waals surface area contributed by atoms with Crippen molar-refractivity contribution in [1.82, 2.24) is 10.2 Å². The van der Waals surface area contributed by atoms with Gasteiger partial charge >= 0.3 is 0 Å². The fraction of sp³-hybridized carbons (Fsp3) is 0.900. The molecule has 1 aliphatic rings. The third-order valence-electron chi connectivity index (χ3n) is 2.46. The summed E-state index contributed by atoms with van der Waals surface area (Å²) in [5.74, 6) is 0.459. The first-order valence-corrected chi connectivity index (χ1v) is 5.25. The molecule has 1 rings (SSSR count). The number of rotatable bonds is 2. The molecule has 0 radical (unpaired) electrons.